The number of carbonyl (C=O) groups is 1. The highest BCUT2D eigenvalue weighted by atomic mass is 35.5. The summed E-state index contributed by atoms with van der Waals surface area (Å²) in [5.41, 5.74) is 0.835. The molecule has 8 nitrogen and oxygen atoms in total. The fraction of sp³-hybridized carbons (Fsp3) is 0. The molecule has 0 radical (unpaired) electrons. The number of halogens is 3. The molecule has 0 fully saturated rings. The van der Waals surface area contributed by atoms with E-state index in [1.807, 2.05) is 0 Å². The zero-order chi connectivity index (χ0) is 23.6. The predicted octanol–water partition coefficient (Wildman–Crippen LogP) is 5.24. The molecule has 0 saturated carbocycles. The number of nitrogens with zero attached hydrogens (tertiary/aromatic N) is 2. The summed E-state index contributed by atoms with van der Waals surface area (Å²) in [6.07, 6.45) is 0. The van der Waals surface area contributed by atoms with Crippen LogP contribution in [0.2, 0.25) is 10.0 Å². The van der Waals surface area contributed by atoms with Crippen molar-refractivity contribution in [3.63, 3.8) is 0 Å². The van der Waals surface area contributed by atoms with E-state index in [9.17, 15) is 17.6 Å². The summed E-state index contributed by atoms with van der Waals surface area (Å²) in [6, 6.07) is 14.6. The number of carbonyl (C=O) groups excluding carboxylic acids is 1. The zero-order valence-electron chi connectivity index (χ0n) is 16.4. The third-order valence-electron chi connectivity index (χ3n) is 4.33. The van der Waals surface area contributed by atoms with Crippen LogP contribution in [0.15, 0.2) is 76.0 Å². The van der Waals surface area contributed by atoms with Gasteiger partial charge >= 0.3 is 6.01 Å². The molecule has 0 saturated heterocycles. The fourth-order valence-electron chi connectivity index (χ4n) is 2.73. The second-order valence-corrected chi connectivity index (χ2v) is 9.15. The Morgan fingerprint density at radius 1 is 0.939 bits per heavy atom. The highest BCUT2D eigenvalue weighted by molar-refractivity contribution is 7.92. The van der Waals surface area contributed by atoms with E-state index in [-0.39, 0.29) is 28.1 Å². The van der Waals surface area contributed by atoms with Crippen LogP contribution >= 0.6 is 23.2 Å². The van der Waals surface area contributed by atoms with Crippen molar-refractivity contribution < 1.29 is 22.0 Å². The van der Waals surface area contributed by atoms with Crippen molar-refractivity contribution >= 4 is 50.8 Å². The summed E-state index contributed by atoms with van der Waals surface area (Å²) in [7, 11) is -3.91. The van der Waals surface area contributed by atoms with E-state index >= 15 is 0 Å². The molecule has 0 aliphatic rings. The van der Waals surface area contributed by atoms with Gasteiger partial charge in [0.1, 0.15) is 5.82 Å². The molecule has 0 aliphatic heterocycles. The molecular weight excluding hydrogens is 494 g/mol. The molecule has 4 rings (SSSR count). The van der Waals surface area contributed by atoms with Crippen molar-refractivity contribution in [3.05, 3.63) is 88.2 Å². The fourth-order valence-corrected chi connectivity index (χ4v) is 4.16. The van der Waals surface area contributed by atoms with Crippen LogP contribution in [0, 0.1) is 5.82 Å². The third-order valence-corrected chi connectivity index (χ3v) is 6.29. The first-order valence-corrected chi connectivity index (χ1v) is 11.4. The van der Waals surface area contributed by atoms with Gasteiger partial charge in [0.15, 0.2) is 0 Å². The second kappa shape index (κ2) is 9.18. The molecule has 12 heteroatoms. The van der Waals surface area contributed by atoms with Gasteiger partial charge in [-0.05, 0) is 66.7 Å². The molecule has 0 aliphatic carbocycles. The predicted molar refractivity (Wildman–Crippen MR) is 121 cm³/mol. The first-order valence-electron chi connectivity index (χ1n) is 9.20. The number of hydrogen-bond acceptors (Lipinski definition) is 6. The maximum Gasteiger partial charge on any atom is 0.322 e. The van der Waals surface area contributed by atoms with Gasteiger partial charge in [0.2, 0.25) is 0 Å². The van der Waals surface area contributed by atoms with Crippen molar-refractivity contribution in [1.29, 1.82) is 0 Å². The molecule has 0 atom stereocenters. The van der Waals surface area contributed by atoms with Gasteiger partial charge in [-0.25, -0.2) is 12.8 Å². The standard InChI is InChI=1S/C21H13Cl2FN4O4S/c22-13-3-10-18(23)17(11-13)20-26-27-21(32-20)25-19(29)12-1-6-15(7-2-12)28-33(30,31)16-8-4-14(24)5-9-16/h1-11,28H,(H,25,27,29). The Labute approximate surface area is 197 Å². The average Bonchev–Trinajstić information content (AvgIpc) is 3.24. The van der Waals surface area contributed by atoms with Crippen LogP contribution in [-0.4, -0.2) is 24.5 Å². The van der Waals surface area contributed by atoms with Crippen LogP contribution < -0.4 is 10.0 Å². The molecule has 168 valence electrons. The topological polar surface area (TPSA) is 114 Å². The van der Waals surface area contributed by atoms with Crippen molar-refractivity contribution in [2.45, 2.75) is 4.90 Å². The van der Waals surface area contributed by atoms with Crippen LogP contribution in [0.1, 0.15) is 10.4 Å². The summed E-state index contributed by atoms with van der Waals surface area (Å²) in [4.78, 5) is 12.4. The monoisotopic (exact) mass is 506 g/mol. The first kappa shape index (κ1) is 22.7. The summed E-state index contributed by atoms with van der Waals surface area (Å²) in [5.74, 6) is -1.04. The highest BCUT2D eigenvalue weighted by Crippen LogP contribution is 2.30. The molecule has 0 unspecified atom stereocenters. The zero-order valence-corrected chi connectivity index (χ0v) is 18.7. The van der Waals surface area contributed by atoms with Crippen LogP contribution in [0.3, 0.4) is 0 Å². The van der Waals surface area contributed by atoms with E-state index in [0.29, 0.717) is 15.6 Å². The lowest BCUT2D eigenvalue weighted by Gasteiger charge is -2.08. The normalized spacial score (nSPS) is 11.2. The lowest BCUT2D eigenvalue weighted by molar-refractivity contribution is 0.102. The van der Waals surface area contributed by atoms with Gasteiger partial charge < -0.3 is 4.42 Å². The highest BCUT2D eigenvalue weighted by Gasteiger charge is 2.17. The lowest BCUT2D eigenvalue weighted by atomic mass is 10.2. The second-order valence-electron chi connectivity index (χ2n) is 6.63. The van der Waals surface area contributed by atoms with Crippen LogP contribution in [0.5, 0.6) is 0 Å². The lowest BCUT2D eigenvalue weighted by Crippen LogP contribution is -2.14. The number of sulfonamides is 1. The Kier molecular flexibility index (Phi) is 6.32. The maximum absolute atomic E-state index is 13.0. The van der Waals surface area contributed by atoms with Gasteiger partial charge in [-0.3, -0.25) is 14.8 Å². The van der Waals surface area contributed by atoms with E-state index in [2.05, 4.69) is 20.2 Å². The molecular formula is C21H13Cl2FN4O4S. The number of benzene rings is 3. The molecule has 1 aromatic heterocycles. The van der Waals surface area contributed by atoms with E-state index in [4.69, 9.17) is 27.6 Å². The van der Waals surface area contributed by atoms with E-state index in [1.54, 1.807) is 18.2 Å². The van der Waals surface area contributed by atoms with Gasteiger partial charge in [-0.1, -0.05) is 28.3 Å². The summed E-state index contributed by atoms with van der Waals surface area (Å²) in [5, 5.41) is 10.8. The van der Waals surface area contributed by atoms with Crippen LogP contribution in [0.4, 0.5) is 16.1 Å². The van der Waals surface area contributed by atoms with E-state index < -0.39 is 21.7 Å². The SMILES string of the molecule is O=C(Nc1nnc(-c2cc(Cl)ccc2Cl)o1)c1ccc(NS(=O)(=O)c2ccc(F)cc2)cc1. The molecule has 0 bridgehead atoms. The van der Waals surface area contributed by atoms with Gasteiger partial charge in [0.25, 0.3) is 21.8 Å². The molecule has 3 aromatic carbocycles. The first-order chi connectivity index (χ1) is 15.7. The van der Waals surface area contributed by atoms with Gasteiger partial charge in [0, 0.05) is 16.3 Å². The Hall–Kier alpha value is -3.47. The summed E-state index contributed by atoms with van der Waals surface area (Å²) in [6.45, 7) is 0. The number of anilines is 2. The van der Waals surface area contributed by atoms with Gasteiger partial charge in [-0.15, -0.1) is 5.10 Å². The summed E-state index contributed by atoms with van der Waals surface area (Å²) < 4.78 is 45.6. The number of hydrogen-bond donors (Lipinski definition) is 2. The molecule has 1 heterocycles. The molecule has 33 heavy (non-hydrogen) atoms. The maximum atomic E-state index is 13.0. The quantitative estimate of drug-likeness (QED) is 0.369. The number of nitrogens with one attached hydrogen (secondary N) is 2. The average molecular weight is 507 g/mol. The minimum absolute atomic E-state index is 0.0725. The third kappa shape index (κ3) is 5.30. The van der Waals surface area contributed by atoms with E-state index in [0.717, 1.165) is 24.3 Å². The number of aromatic nitrogens is 2. The minimum atomic E-state index is -3.91. The van der Waals surface area contributed by atoms with Crippen molar-refractivity contribution in [1.82, 2.24) is 10.2 Å². The molecule has 1 amide bonds. The Morgan fingerprint density at radius 3 is 2.33 bits per heavy atom. The number of rotatable bonds is 6. The minimum Gasteiger partial charge on any atom is -0.403 e. The Morgan fingerprint density at radius 2 is 1.64 bits per heavy atom. The van der Waals surface area contributed by atoms with Crippen LogP contribution in [-0.2, 0) is 10.0 Å². The Bertz CT molecular complexity index is 1430. The van der Waals surface area contributed by atoms with E-state index in [1.165, 1.54) is 24.3 Å². The molecule has 2 N–H and O–H groups in total. The number of amides is 1. The molecule has 0 spiro atoms. The van der Waals surface area contributed by atoms with Crippen molar-refractivity contribution in [3.8, 4) is 11.5 Å². The Balaban J connectivity index is 1.44. The van der Waals surface area contributed by atoms with Crippen molar-refractivity contribution in [2.75, 3.05) is 10.0 Å². The van der Waals surface area contributed by atoms with Crippen LogP contribution in [0.25, 0.3) is 11.5 Å². The van der Waals surface area contributed by atoms with Crippen molar-refractivity contribution in [2.24, 2.45) is 0 Å². The van der Waals surface area contributed by atoms with Gasteiger partial charge in [0.05, 0.1) is 15.5 Å². The van der Waals surface area contributed by atoms with Gasteiger partial charge in [-0.2, -0.15) is 0 Å². The summed E-state index contributed by atoms with van der Waals surface area (Å²) >= 11 is 12.1. The largest absolute Gasteiger partial charge is 0.403 e. The molecule has 4 aromatic rings. The smallest absolute Gasteiger partial charge is 0.322 e.